The average Bonchev–Trinajstić information content (AvgIpc) is 2.76. The van der Waals surface area contributed by atoms with E-state index in [1.807, 2.05) is 0 Å². The highest BCUT2D eigenvalue weighted by Gasteiger charge is 2.26. The minimum absolute atomic E-state index is 0.223. The molecule has 4 nitrogen and oxygen atoms in total. The fourth-order valence-corrected chi connectivity index (χ4v) is 3.73. The first kappa shape index (κ1) is 24.8. The van der Waals surface area contributed by atoms with Crippen LogP contribution >= 0.6 is 0 Å². The van der Waals surface area contributed by atoms with Gasteiger partial charge in [0.05, 0.1) is 25.4 Å². The average molecular weight is 423 g/mol. The molecule has 1 aromatic carbocycles. The van der Waals surface area contributed by atoms with Crippen LogP contribution in [0, 0.1) is 11.7 Å². The molecule has 1 saturated heterocycles. The molecule has 0 aliphatic carbocycles. The molecule has 0 unspecified atom stereocenters. The Hall–Kier alpha value is -1.46. The highest BCUT2D eigenvalue weighted by Crippen LogP contribution is 2.29. The number of esters is 1. The third-order valence-corrected chi connectivity index (χ3v) is 5.65. The lowest BCUT2D eigenvalue weighted by Crippen LogP contribution is -2.27. The van der Waals surface area contributed by atoms with E-state index in [-0.39, 0.29) is 5.56 Å². The smallest absolute Gasteiger partial charge is 0.338 e. The van der Waals surface area contributed by atoms with Crippen LogP contribution in [0.1, 0.15) is 107 Å². The maximum absolute atomic E-state index is 14.5. The Morgan fingerprint density at radius 1 is 0.967 bits per heavy atom. The molecule has 0 atom stereocenters. The van der Waals surface area contributed by atoms with Gasteiger partial charge in [-0.15, -0.1) is 0 Å². The van der Waals surface area contributed by atoms with E-state index in [4.69, 9.17) is 14.2 Å². The summed E-state index contributed by atoms with van der Waals surface area (Å²) in [6, 6.07) is 4.37. The molecule has 170 valence electrons. The summed E-state index contributed by atoms with van der Waals surface area (Å²) >= 11 is 0. The molecule has 1 aromatic rings. The number of hydrogen-bond donors (Lipinski definition) is 0. The van der Waals surface area contributed by atoms with E-state index < -0.39 is 18.1 Å². The molecule has 0 amide bonds. The van der Waals surface area contributed by atoms with Gasteiger partial charge in [0.1, 0.15) is 5.82 Å². The van der Waals surface area contributed by atoms with Crippen molar-refractivity contribution in [2.75, 3.05) is 19.8 Å². The lowest BCUT2D eigenvalue weighted by atomic mass is 10.0. The molecular formula is C25H39FO4. The second-order valence-electron chi connectivity index (χ2n) is 8.35. The first-order valence-electron chi connectivity index (χ1n) is 11.9. The van der Waals surface area contributed by atoms with Crippen LogP contribution < -0.4 is 0 Å². The monoisotopic (exact) mass is 422 g/mol. The second kappa shape index (κ2) is 14.5. The molecule has 1 fully saturated rings. The number of carbonyl (C=O) groups excluding carboxylic acids is 1. The zero-order chi connectivity index (χ0) is 21.6. The lowest BCUT2D eigenvalue weighted by Gasteiger charge is -2.30. The Balaban J connectivity index is 1.70. The fraction of sp³-hybridized carbons (Fsp3) is 0.720. The molecule has 0 aromatic heterocycles. The van der Waals surface area contributed by atoms with E-state index in [2.05, 4.69) is 13.8 Å². The van der Waals surface area contributed by atoms with Crippen molar-refractivity contribution in [1.82, 2.24) is 0 Å². The van der Waals surface area contributed by atoms with E-state index in [0.717, 1.165) is 25.7 Å². The lowest BCUT2D eigenvalue weighted by molar-refractivity contribution is -0.207. The van der Waals surface area contributed by atoms with E-state index >= 15 is 0 Å². The van der Waals surface area contributed by atoms with Crippen molar-refractivity contribution in [2.45, 2.75) is 90.8 Å². The molecule has 2 rings (SSSR count). The number of benzene rings is 1. The van der Waals surface area contributed by atoms with Gasteiger partial charge in [0.15, 0.2) is 6.29 Å². The van der Waals surface area contributed by atoms with Gasteiger partial charge < -0.3 is 14.2 Å². The third kappa shape index (κ3) is 8.73. The maximum atomic E-state index is 14.5. The van der Waals surface area contributed by atoms with Gasteiger partial charge in [-0.1, -0.05) is 77.7 Å². The van der Waals surface area contributed by atoms with Gasteiger partial charge in [-0.25, -0.2) is 9.18 Å². The molecule has 0 bridgehead atoms. The predicted molar refractivity (Wildman–Crippen MR) is 117 cm³/mol. The number of unbranched alkanes of at least 4 members (excludes halogenated alkanes) is 8. The van der Waals surface area contributed by atoms with Crippen LogP contribution in [-0.4, -0.2) is 25.8 Å². The standard InChI is InChI=1S/C25H39FO4/c1-3-5-7-8-9-10-11-13-20-18-29-25(30-19-20)22-15-14-21(17-23(22)26)24(27)28-16-12-6-4-2/h14-15,17,20,25H,3-13,16,18-19H2,1-2H3. The Morgan fingerprint density at radius 3 is 2.27 bits per heavy atom. The summed E-state index contributed by atoms with van der Waals surface area (Å²) in [5, 5.41) is 0. The highest BCUT2D eigenvalue weighted by atomic mass is 19.1. The summed E-state index contributed by atoms with van der Waals surface area (Å²) < 4.78 is 31.3. The summed E-state index contributed by atoms with van der Waals surface area (Å²) in [7, 11) is 0. The second-order valence-corrected chi connectivity index (χ2v) is 8.35. The number of rotatable bonds is 14. The van der Waals surface area contributed by atoms with Gasteiger partial charge in [-0.2, -0.15) is 0 Å². The normalized spacial score (nSPS) is 19.0. The molecule has 0 saturated carbocycles. The number of ether oxygens (including phenoxy) is 3. The van der Waals surface area contributed by atoms with Crippen molar-refractivity contribution in [3.63, 3.8) is 0 Å². The first-order valence-corrected chi connectivity index (χ1v) is 11.9. The molecule has 1 heterocycles. The zero-order valence-electron chi connectivity index (χ0n) is 18.8. The van der Waals surface area contributed by atoms with Crippen LogP contribution in [0.4, 0.5) is 4.39 Å². The molecule has 1 aliphatic heterocycles. The van der Waals surface area contributed by atoms with Crippen molar-refractivity contribution < 1.29 is 23.4 Å². The van der Waals surface area contributed by atoms with Gasteiger partial charge in [0, 0.05) is 11.5 Å². The molecule has 5 heteroatoms. The SMILES string of the molecule is CCCCCCCCCC1COC(c2ccc(C(=O)OCCCCC)cc2F)OC1. The minimum Gasteiger partial charge on any atom is -0.462 e. The van der Waals surface area contributed by atoms with Crippen molar-refractivity contribution in [2.24, 2.45) is 5.92 Å². The van der Waals surface area contributed by atoms with Gasteiger partial charge in [-0.05, 0) is 25.0 Å². The minimum atomic E-state index is -0.704. The van der Waals surface area contributed by atoms with Gasteiger partial charge in [-0.3, -0.25) is 0 Å². The van der Waals surface area contributed by atoms with Crippen LogP contribution in [0.5, 0.6) is 0 Å². The Labute approximate surface area is 181 Å². The summed E-state index contributed by atoms with van der Waals surface area (Å²) in [6.07, 6.45) is 12.3. The summed E-state index contributed by atoms with van der Waals surface area (Å²) in [5.41, 5.74) is 0.562. The topological polar surface area (TPSA) is 44.8 Å². The van der Waals surface area contributed by atoms with E-state index in [1.165, 1.54) is 51.0 Å². The maximum Gasteiger partial charge on any atom is 0.338 e. The first-order chi connectivity index (χ1) is 14.7. The van der Waals surface area contributed by atoms with Crippen molar-refractivity contribution in [1.29, 1.82) is 0 Å². The van der Waals surface area contributed by atoms with Crippen molar-refractivity contribution in [3.05, 3.63) is 35.1 Å². The van der Waals surface area contributed by atoms with Gasteiger partial charge in [0.25, 0.3) is 0 Å². The van der Waals surface area contributed by atoms with Crippen LogP contribution in [0.2, 0.25) is 0 Å². The molecule has 0 radical (unpaired) electrons. The van der Waals surface area contributed by atoms with E-state index in [0.29, 0.717) is 31.3 Å². The number of halogens is 1. The molecular weight excluding hydrogens is 383 g/mol. The third-order valence-electron chi connectivity index (χ3n) is 5.65. The summed E-state index contributed by atoms with van der Waals surface area (Å²) in [5.74, 6) is -0.609. The van der Waals surface area contributed by atoms with Crippen LogP contribution in [-0.2, 0) is 14.2 Å². The zero-order valence-corrected chi connectivity index (χ0v) is 18.8. The summed E-state index contributed by atoms with van der Waals surface area (Å²) in [6.45, 7) is 5.86. The molecule has 30 heavy (non-hydrogen) atoms. The van der Waals surface area contributed by atoms with Crippen molar-refractivity contribution in [3.8, 4) is 0 Å². The van der Waals surface area contributed by atoms with Gasteiger partial charge >= 0.3 is 5.97 Å². The van der Waals surface area contributed by atoms with E-state index in [1.54, 1.807) is 12.1 Å². The van der Waals surface area contributed by atoms with Crippen molar-refractivity contribution >= 4 is 5.97 Å². The van der Waals surface area contributed by atoms with Gasteiger partial charge in [0.2, 0.25) is 0 Å². The number of carbonyl (C=O) groups is 1. The van der Waals surface area contributed by atoms with Crippen LogP contribution in [0.15, 0.2) is 18.2 Å². The largest absolute Gasteiger partial charge is 0.462 e. The molecule has 0 spiro atoms. The fourth-order valence-electron chi connectivity index (χ4n) is 3.73. The van der Waals surface area contributed by atoms with Crippen LogP contribution in [0.25, 0.3) is 0 Å². The highest BCUT2D eigenvalue weighted by molar-refractivity contribution is 5.89. The van der Waals surface area contributed by atoms with Crippen LogP contribution in [0.3, 0.4) is 0 Å². The van der Waals surface area contributed by atoms with E-state index in [9.17, 15) is 9.18 Å². The quantitative estimate of drug-likeness (QED) is 0.240. The Morgan fingerprint density at radius 2 is 1.60 bits per heavy atom. The Bertz CT molecular complexity index is 611. The Kier molecular flexibility index (Phi) is 12.0. The number of hydrogen-bond acceptors (Lipinski definition) is 4. The summed E-state index contributed by atoms with van der Waals surface area (Å²) in [4.78, 5) is 12.0. The molecule has 1 aliphatic rings. The predicted octanol–water partition coefficient (Wildman–Crippen LogP) is 6.98. The molecule has 0 N–H and O–H groups in total.